The second-order valence-corrected chi connectivity index (χ2v) is 10.1. The van der Waals surface area contributed by atoms with Gasteiger partial charge >= 0.3 is 6.18 Å². The van der Waals surface area contributed by atoms with Crippen molar-refractivity contribution in [1.29, 1.82) is 0 Å². The molecule has 10 heteroatoms. The van der Waals surface area contributed by atoms with Gasteiger partial charge < -0.3 is 4.90 Å². The summed E-state index contributed by atoms with van der Waals surface area (Å²) in [6.45, 7) is 2.79. The molecule has 2 unspecified atom stereocenters. The molecule has 6 nitrogen and oxygen atoms in total. The van der Waals surface area contributed by atoms with Crippen LogP contribution in [0.2, 0.25) is 0 Å². The second kappa shape index (κ2) is 8.15. The van der Waals surface area contributed by atoms with Gasteiger partial charge in [-0.1, -0.05) is 10.5 Å². The Morgan fingerprint density at radius 2 is 1.97 bits per heavy atom. The van der Waals surface area contributed by atoms with Gasteiger partial charge in [0.25, 0.3) is 0 Å². The first-order valence-electron chi connectivity index (χ1n) is 10.0. The van der Waals surface area contributed by atoms with Gasteiger partial charge in [0, 0.05) is 36.5 Å². The van der Waals surface area contributed by atoms with Crippen molar-refractivity contribution in [3.05, 3.63) is 29.2 Å². The van der Waals surface area contributed by atoms with E-state index in [1.807, 2.05) is 19.1 Å². The number of halogens is 3. The quantitative estimate of drug-likeness (QED) is 0.539. The third kappa shape index (κ3) is 4.03. The molecule has 1 aliphatic heterocycles. The highest BCUT2D eigenvalue weighted by atomic mass is 32.2. The lowest BCUT2D eigenvalue weighted by atomic mass is 9.80. The second-order valence-electron chi connectivity index (χ2n) is 8.06. The predicted molar refractivity (Wildman–Crippen MR) is 107 cm³/mol. The van der Waals surface area contributed by atoms with E-state index in [9.17, 15) is 22.8 Å². The zero-order valence-electron chi connectivity index (χ0n) is 16.6. The van der Waals surface area contributed by atoms with Gasteiger partial charge in [-0.3, -0.25) is 4.79 Å². The van der Waals surface area contributed by atoms with Crippen LogP contribution in [0.4, 0.5) is 13.2 Å². The van der Waals surface area contributed by atoms with Crippen molar-refractivity contribution in [1.82, 2.24) is 19.5 Å². The molecule has 1 aliphatic carbocycles. The molecule has 1 amide bonds. The molecule has 2 atom stereocenters. The fourth-order valence-electron chi connectivity index (χ4n) is 4.48. The Bertz CT molecular complexity index is 1010. The van der Waals surface area contributed by atoms with E-state index in [1.165, 1.54) is 0 Å². The minimum absolute atomic E-state index is 0.0350. The molecular formula is C20H23F3N4O2S. The molecule has 30 heavy (non-hydrogen) atoms. The third-order valence-corrected chi connectivity index (χ3v) is 8.05. The van der Waals surface area contributed by atoms with E-state index >= 15 is 0 Å². The molecule has 2 aromatic rings. The lowest BCUT2D eigenvalue weighted by Gasteiger charge is -2.31. The Morgan fingerprint density at radius 3 is 2.60 bits per heavy atom. The van der Waals surface area contributed by atoms with Crippen LogP contribution in [0.3, 0.4) is 0 Å². The first-order valence-corrected chi connectivity index (χ1v) is 11.5. The van der Waals surface area contributed by atoms with Crippen LogP contribution in [0.1, 0.15) is 53.9 Å². The fourth-order valence-corrected chi connectivity index (χ4v) is 6.22. The summed E-state index contributed by atoms with van der Waals surface area (Å²) in [7, 11) is -0.657. The van der Waals surface area contributed by atoms with E-state index in [0.717, 1.165) is 23.5 Å². The number of aromatic nitrogens is 3. The molecule has 0 spiro atoms. The maximum absolute atomic E-state index is 13.0. The topological polar surface area (TPSA) is 67.6 Å². The Morgan fingerprint density at radius 1 is 1.23 bits per heavy atom. The van der Waals surface area contributed by atoms with Gasteiger partial charge in [-0.05, 0) is 38.7 Å². The number of hydrogen-bond acceptors (Lipinski definition) is 4. The summed E-state index contributed by atoms with van der Waals surface area (Å²) >= 11 is 0. The van der Waals surface area contributed by atoms with E-state index in [4.69, 9.17) is 5.10 Å². The number of carbonyl (C=O) groups is 1. The monoisotopic (exact) mass is 440 g/mol. The summed E-state index contributed by atoms with van der Waals surface area (Å²) in [5, 5.41) is 6.61. The first-order chi connectivity index (χ1) is 14.3. The van der Waals surface area contributed by atoms with E-state index in [-0.39, 0.29) is 24.0 Å². The van der Waals surface area contributed by atoms with Gasteiger partial charge in [-0.25, -0.2) is 14.3 Å². The van der Waals surface area contributed by atoms with E-state index in [1.54, 1.807) is 9.42 Å². The van der Waals surface area contributed by atoms with Crippen LogP contribution >= 0.6 is 10.5 Å². The van der Waals surface area contributed by atoms with Gasteiger partial charge in [-0.15, -0.1) is 0 Å². The van der Waals surface area contributed by atoms with Gasteiger partial charge in [0.05, 0.1) is 22.6 Å². The number of hydrogen-bond donors (Lipinski definition) is 0. The lowest BCUT2D eigenvalue weighted by Crippen LogP contribution is -2.35. The Balaban J connectivity index is 1.67. The summed E-state index contributed by atoms with van der Waals surface area (Å²) in [4.78, 5) is 29.0. The minimum Gasteiger partial charge on any atom is -0.343 e. The van der Waals surface area contributed by atoms with Crippen molar-refractivity contribution in [3.63, 3.8) is 0 Å². The molecule has 0 bridgehead atoms. The first kappa shape index (κ1) is 21.1. The molecule has 2 fully saturated rings. The largest absolute Gasteiger partial charge is 0.391 e. The third-order valence-electron chi connectivity index (χ3n) is 6.14. The van der Waals surface area contributed by atoms with Crippen LogP contribution in [0, 0.1) is 12.8 Å². The maximum atomic E-state index is 13.0. The summed E-state index contributed by atoms with van der Waals surface area (Å²) in [6, 6.07) is 3.72. The molecule has 2 aromatic heterocycles. The highest BCUT2D eigenvalue weighted by Gasteiger charge is 2.42. The molecule has 4 rings (SSSR count). The van der Waals surface area contributed by atoms with Crippen LogP contribution < -0.4 is 0 Å². The zero-order valence-corrected chi connectivity index (χ0v) is 17.4. The number of amides is 1. The fraction of sp³-hybridized carbons (Fsp3) is 0.600. The van der Waals surface area contributed by atoms with Crippen molar-refractivity contribution < 1.29 is 22.8 Å². The number of aryl methyl sites for hydroxylation is 1. The van der Waals surface area contributed by atoms with Gasteiger partial charge in [0.1, 0.15) is 0 Å². The van der Waals surface area contributed by atoms with E-state index in [2.05, 4.69) is 10.2 Å². The maximum Gasteiger partial charge on any atom is 0.391 e. The highest BCUT2D eigenvalue weighted by molar-refractivity contribution is 8.14. The van der Waals surface area contributed by atoms with Crippen molar-refractivity contribution in [2.24, 2.45) is 5.92 Å². The minimum atomic E-state index is -4.14. The smallest absolute Gasteiger partial charge is 0.343 e. The number of fused-ring (bicyclic) bond motifs is 1. The molecule has 3 heterocycles. The average molecular weight is 440 g/mol. The standard InChI is InChI=1S/C20H23F3N4O2S/c1-13-8-17(18-10-26(11-28)6-7-30(18)12-29)27-19(24-13)9-16(25-27)14-2-4-15(5-3-14)20(21,22)23/h8-9,11,14-15,18H,2-7,10H2,1H3. The van der Waals surface area contributed by atoms with Crippen molar-refractivity contribution in [2.75, 3.05) is 18.8 Å². The molecule has 162 valence electrons. The zero-order chi connectivity index (χ0) is 21.5. The van der Waals surface area contributed by atoms with Crippen LogP contribution in [-0.2, 0) is 9.59 Å². The summed E-state index contributed by atoms with van der Waals surface area (Å²) < 4.78 is 40.7. The van der Waals surface area contributed by atoms with Crippen LogP contribution in [0.25, 0.3) is 5.65 Å². The Labute approximate surface area is 174 Å². The van der Waals surface area contributed by atoms with Gasteiger partial charge in [0.2, 0.25) is 6.41 Å². The normalized spacial score (nSPS) is 27.8. The number of nitrogens with zero attached hydrogens (tertiary/aromatic N) is 4. The molecular weight excluding hydrogens is 417 g/mol. The molecule has 0 N–H and O–H groups in total. The van der Waals surface area contributed by atoms with Gasteiger partial charge in [-0.2, -0.15) is 18.3 Å². The predicted octanol–water partition coefficient (Wildman–Crippen LogP) is 3.72. The molecule has 0 aromatic carbocycles. The summed E-state index contributed by atoms with van der Waals surface area (Å²) in [6.07, 6.45) is -2.24. The summed E-state index contributed by atoms with van der Waals surface area (Å²) in [5.74, 6) is -0.707. The number of rotatable bonds is 3. The molecule has 0 radical (unpaired) electrons. The van der Waals surface area contributed by atoms with Crippen LogP contribution in [-0.4, -0.2) is 56.2 Å². The van der Waals surface area contributed by atoms with Crippen molar-refractivity contribution >= 4 is 27.8 Å². The van der Waals surface area contributed by atoms with E-state index in [0.29, 0.717) is 37.3 Å². The molecule has 1 saturated heterocycles. The van der Waals surface area contributed by atoms with Gasteiger partial charge in [0.15, 0.2) is 10.9 Å². The Hall–Kier alpha value is -2.19. The molecule has 2 aliphatic rings. The lowest BCUT2D eigenvalue weighted by molar-refractivity contribution is -0.182. The SMILES string of the molecule is Cc1cc(C2CN(C=O)CCS2=C=O)n2nc(C3CCC(C(F)(F)F)CC3)cc2n1. The van der Waals surface area contributed by atoms with Crippen molar-refractivity contribution in [2.45, 2.75) is 50.0 Å². The van der Waals surface area contributed by atoms with Crippen LogP contribution in [0.5, 0.6) is 0 Å². The number of carbonyl (C=O) groups excluding carboxylic acids is 2. The average Bonchev–Trinajstić information content (AvgIpc) is 3.16. The molecule has 1 saturated carbocycles. The summed E-state index contributed by atoms with van der Waals surface area (Å²) in [5.41, 5.74) is 2.93. The Kier molecular flexibility index (Phi) is 5.72. The van der Waals surface area contributed by atoms with Crippen LogP contribution in [0.15, 0.2) is 12.1 Å². The highest BCUT2D eigenvalue weighted by Crippen LogP contribution is 2.43. The van der Waals surface area contributed by atoms with E-state index < -0.39 is 22.6 Å². The van der Waals surface area contributed by atoms with Crippen molar-refractivity contribution in [3.8, 4) is 0 Å². The number of alkyl halides is 3.